The van der Waals surface area contributed by atoms with Crippen LogP contribution in [0.4, 0.5) is 5.69 Å². The number of anilines is 1. The molecule has 31 heavy (non-hydrogen) atoms. The van der Waals surface area contributed by atoms with Crippen molar-refractivity contribution in [1.82, 2.24) is 5.43 Å². The number of methoxy groups -OCH3 is 2. The van der Waals surface area contributed by atoms with Crippen molar-refractivity contribution >= 4 is 35.1 Å². The van der Waals surface area contributed by atoms with Crippen LogP contribution in [0, 0.1) is 0 Å². The predicted octanol–water partition coefficient (Wildman–Crippen LogP) is 3.55. The van der Waals surface area contributed by atoms with Gasteiger partial charge in [-0.3, -0.25) is 4.79 Å². The first-order valence-electron chi connectivity index (χ1n) is 9.22. The molecule has 0 radical (unpaired) electrons. The molecule has 2 N–H and O–H groups in total. The molecule has 3 aromatic rings. The molecule has 1 amide bonds. The van der Waals surface area contributed by atoms with E-state index in [0.717, 1.165) is 11.4 Å². The van der Waals surface area contributed by atoms with E-state index in [0.29, 0.717) is 21.9 Å². The number of ether oxygens (including phenoxy) is 3. The van der Waals surface area contributed by atoms with Crippen LogP contribution >= 0.6 is 11.3 Å². The summed E-state index contributed by atoms with van der Waals surface area (Å²) >= 11 is 1.30. The van der Waals surface area contributed by atoms with Crippen LogP contribution in [0.1, 0.15) is 15.2 Å². The highest BCUT2D eigenvalue weighted by atomic mass is 32.1. The minimum Gasteiger partial charge on any atom is -0.497 e. The Bertz CT molecular complexity index is 1050. The quantitative estimate of drug-likeness (QED) is 0.229. The Labute approximate surface area is 183 Å². The Morgan fingerprint density at radius 1 is 1.03 bits per heavy atom. The summed E-state index contributed by atoms with van der Waals surface area (Å²) in [5.41, 5.74) is 3.90. The average Bonchev–Trinajstić information content (AvgIpc) is 3.34. The number of carbonyl (C=O) groups excluding carboxylic acids is 2. The van der Waals surface area contributed by atoms with Crippen molar-refractivity contribution in [3.8, 4) is 17.2 Å². The molecule has 1 heterocycles. The van der Waals surface area contributed by atoms with Gasteiger partial charge in [-0.1, -0.05) is 6.07 Å². The molecule has 0 aliphatic heterocycles. The first-order chi connectivity index (χ1) is 15.1. The van der Waals surface area contributed by atoms with E-state index in [9.17, 15) is 9.59 Å². The van der Waals surface area contributed by atoms with Gasteiger partial charge in [-0.25, -0.2) is 10.2 Å². The van der Waals surface area contributed by atoms with Gasteiger partial charge in [-0.15, -0.1) is 11.3 Å². The largest absolute Gasteiger partial charge is 0.497 e. The molecule has 0 aliphatic rings. The van der Waals surface area contributed by atoms with E-state index >= 15 is 0 Å². The molecule has 9 heteroatoms. The van der Waals surface area contributed by atoms with Crippen LogP contribution < -0.4 is 25.0 Å². The Morgan fingerprint density at radius 3 is 2.52 bits per heavy atom. The highest BCUT2D eigenvalue weighted by molar-refractivity contribution is 7.12. The molecule has 0 fully saturated rings. The van der Waals surface area contributed by atoms with Crippen LogP contribution in [0.2, 0.25) is 0 Å². The molecule has 3 rings (SSSR count). The van der Waals surface area contributed by atoms with Crippen molar-refractivity contribution in [3.05, 3.63) is 70.4 Å². The Balaban J connectivity index is 1.52. The number of nitrogens with one attached hydrogen (secondary N) is 2. The molecular formula is C22H21N3O5S. The third-order valence-corrected chi connectivity index (χ3v) is 4.91. The van der Waals surface area contributed by atoms with Crippen LogP contribution in [0.15, 0.2) is 65.1 Å². The molecular weight excluding hydrogens is 418 g/mol. The lowest BCUT2D eigenvalue weighted by molar-refractivity contribution is -0.119. The zero-order valence-electron chi connectivity index (χ0n) is 17.0. The van der Waals surface area contributed by atoms with Gasteiger partial charge in [0.05, 0.1) is 27.0 Å². The third kappa shape index (κ3) is 6.31. The standard InChI is InChI=1S/C22H21N3O5S/c1-28-17-8-6-16(7-9-17)23-14-21(26)25-24-13-15-5-10-18(19(12-15)29-2)30-22(27)20-4-3-11-31-20/h3-13,23H,14H2,1-2H3,(H,25,26)/b24-13+. The van der Waals surface area contributed by atoms with Gasteiger partial charge in [0.2, 0.25) is 0 Å². The maximum Gasteiger partial charge on any atom is 0.353 e. The molecule has 2 aromatic carbocycles. The first kappa shape index (κ1) is 21.8. The van der Waals surface area contributed by atoms with Crippen LogP contribution in [0.25, 0.3) is 0 Å². The molecule has 0 saturated carbocycles. The summed E-state index contributed by atoms with van der Waals surface area (Å²) in [6, 6.07) is 15.7. The second kappa shape index (κ2) is 10.8. The van der Waals surface area contributed by atoms with Crippen LogP contribution in [0.3, 0.4) is 0 Å². The Hall–Kier alpha value is -3.85. The van der Waals surface area contributed by atoms with Gasteiger partial charge in [-0.05, 0) is 59.5 Å². The number of hydrogen-bond acceptors (Lipinski definition) is 8. The third-order valence-electron chi connectivity index (χ3n) is 4.06. The first-order valence-corrected chi connectivity index (χ1v) is 10.1. The van der Waals surface area contributed by atoms with E-state index in [2.05, 4.69) is 15.8 Å². The molecule has 8 nitrogen and oxygen atoms in total. The topological polar surface area (TPSA) is 98.3 Å². The molecule has 0 saturated heterocycles. The summed E-state index contributed by atoms with van der Waals surface area (Å²) in [4.78, 5) is 24.6. The normalized spacial score (nSPS) is 10.5. The summed E-state index contributed by atoms with van der Waals surface area (Å²) in [5, 5.41) is 8.73. The SMILES string of the molecule is COc1ccc(NCC(=O)N/N=C/c2ccc(OC(=O)c3cccs3)c(OC)c2)cc1. The molecule has 0 aliphatic carbocycles. The van der Waals surface area contributed by atoms with Crippen molar-refractivity contribution in [2.45, 2.75) is 0 Å². The minimum absolute atomic E-state index is 0.0601. The Morgan fingerprint density at radius 2 is 1.84 bits per heavy atom. The maximum absolute atomic E-state index is 12.1. The fourth-order valence-corrected chi connectivity index (χ4v) is 3.10. The lowest BCUT2D eigenvalue weighted by atomic mass is 10.2. The highest BCUT2D eigenvalue weighted by Crippen LogP contribution is 2.28. The monoisotopic (exact) mass is 439 g/mol. The molecule has 1 aromatic heterocycles. The number of thiophene rings is 1. The van der Waals surface area contributed by atoms with Gasteiger partial charge in [0.25, 0.3) is 5.91 Å². The van der Waals surface area contributed by atoms with Crippen LogP contribution in [-0.4, -0.2) is 38.9 Å². The summed E-state index contributed by atoms with van der Waals surface area (Å²) < 4.78 is 15.8. The summed E-state index contributed by atoms with van der Waals surface area (Å²) in [6.07, 6.45) is 1.47. The molecule has 0 bridgehead atoms. The van der Waals surface area contributed by atoms with Gasteiger partial charge in [0, 0.05) is 5.69 Å². The van der Waals surface area contributed by atoms with Gasteiger partial charge in [0.15, 0.2) is 11.5 Å². The fraction of sp³-hybridized carbons (Fsp3) is 0.136. The van der Waals surface area contributed by atoms with Gasteiger partial charge >= 0.3 is 5.97 Å². The smallest absolute Gasteiger partial charge is 0.353 e. The second-order valence-corrected chi connectivity index (χ2v) is 7.10. The van der Waals surface area contributed by atoms with E-state index in [4.69, 9.17) is 14.2 Å². The molecule has 0 unspecified atom stereocenters. The number of hydrogen-bond donors (Lipinski definition) is 2. The van der Waals surface area contributed by atoms with E-state index < -0.39 is 5.97 Å². The summed E-state index contributed by atoms with van der Waals surface area (Å²) in [5.74, 6) is 0.654. The van der Waals surface area contributed by atoms with Crippen molar-refractivity contribution in [2.24, 2.45) is 5.10 Å². The fourth-order valence-electron chi connectivity index (χ4n) is 2.50. The maximum atomic E-state index is 12.1. The van der Waals surface area contributed by atoms with Crippen LogP contribution in [0.5, 0.6) is 17.2 Å². The van der Waals surface area contributed by atoms with Crippen LogP contribution in [-0.2, 0) is 4.79 Å². The highest BCUT2D eigenvalue weighted by Gasteiger charge is 2.13. The summed E-state index contributed by atoms with van der Waals surface area (Å²) in [6.45, 7) is 0.0601. The van der Waals surface area contributed by atoms with Crippen molar-refractivity contribution in [2.75, 3.05) is 26.1 Å². The van der Waals surface area contributed by atoms with Crippen molar-refractivity contribution in [3.63, 3.8) is 0 Å². The van der Waals surface area contributed by atoms with Crippen molar-refractivity contribution in [1.29, 1.82) is 0 Å². The van der Waals surface area contributed by atoms with E-state index in [1.54, 1.807) is 55.0 Å². The minimum atomic E-state index is -0.452. The van der Waals surface area contributed by atoms with Gasteiger partial charge < -0.3 is 19.5 Å². The van der Waals surface area contributed by atoms with E-state index in [-0.39, 0.29) is 12.5 Å². The van der Waals surface area contributed by atoms with Gasteiger partial charge in [-0.2, -0.15) is 5.10 Å². The molecule has 160 valence electrons. The lowest BCUT2D eigenvalue weighted by Crippen LogP contribution is -2.25. The average molecular weight is 439 g/mol. The van der Waals surface area contributed by atoms with Gasteiger partial charge in [0.1, 0.15) is 10.6 Å². The zero-order valence-corrected chi connectivity index (χ0v) is 17.8. The number of esters is 1. The lowest BCUT2D eigenvalue weighted by Gasteiger charge is -2.09. The number of benzene rings is 2. The molecule has 0 spiro atoms. The number of hydrazone groups is 1. The van der Waals surface area contributed by atoms with E-state index in [1.165, 1.54) is 24.7 Å². The number of amides is 1. The molecule has 0 atom stereocenters. The Kier molecular flexibility index (Phi) is 7.61. The number of nitrogens with zero attached hydrogens (tertiary/aromatic N) is 1. The number of rotatable bonds is 9. The summed E-state index contributed by atoms with van der Waals surface area (Å²) in [7, 11) is 3.07. The van der Waals surface area contributed by atoms with E-state index in [1.807, 2.05) is 12.1 Å². The number of carbonyl (C=O) groups is 2. The van der Waals surface area contributed by atoms with Crippen molar-refractivity contribution < 1.29 is 23.8 Å². The zero-order chi connectivity index (χ0) is 22.1. The predicted molar refractivity (Wildman–Crippen MR) is 119 cm³/mol. The second-order valence-electron chi connectivity index (χ2n) is 6.15.